The molecule has 0 saturated heterocycles. The van der Waals surface area contributed by atoms with Crippen LogP contribution in [-0.2, 0) is 0 Å². The normalized spacial score (nSPS) is 11.9. The van der Waals surface area contributed by atoms with Gasteiger partial charge >= 0.3 is 0 Å². The van der Waals surface area contributed by atoms with Gasteiger partial charge in [-0.05, 0) is 18.1 Å². The van der Waals surface area contributed by atoms with E-state index in [4.69, 9.17) is 0 Å². The predicted octanol–water partition coefficient (Wildman–Crippen LogP) is 3.49. The molecule has 1 aromatic carbocycles. The second-order valence-corrected chi connectivity index (χ2v) is 4.58. The first-order valence-corrected chi connectivity index (χ1v) is 6.67. The first-order chi connectivity index (χ1) is 9.72. The Hall–Kier alpha value is -2.23. The van der Waals surface area contributed by atoms with Crippen molar-refractivity contribution in [3.8, 4) is 0 Å². The van der Waals surface area contributed by atoms with Crippen LogP contribution in [0.25, 0.3) is 0 Å². The Kier molecular flexibility index (Phi) is 4.82. The minimum Gasteiger partial charge on any atom is -0.345 e. The molecule has 3 nitrogen and oxygen atoms in total. The fraction of sp³-hybridized carbons (Fsp3) is 0.250. The molecule has 1 amide bonds. The van der Waals surface area contributed by atoms with Gasteiger partial charge in [0.25, 0.3) is 5.91 Å². The molecule has 1 aromatic heterocycles. The highest BCUT2D eigenvalue weighted by Gasteiger charge is 2.17. The van der Waals surface area contributed by atoms with Crippen molar-refractivity contribution in [3.63, 3.8) is 0 Å². The van der Waals surface area contributed by atoms with Gasteiger partial charge in [0.15, 0.2) is 5.82 Å². The Balaban J connectivity index is 2.17. The van der Waals surface area contributed by atoms with Crippen molar-refractivity contribution < 1.29 is 9.18 Å². The van der Waals surface area contributed by atoms with Crippen LogP contribution in [-0.4, -0.2) is 10.9 Å². The molecule has 20 heavy (non-hydrogen) atoms. The highest BCUT2D eigenvalue weighted by molar-refractivity contribution is 5.94. The van der Waals surface area contributed by atoms with Gasteiger partial charge in [-0.25, -0.2) is 4.39 Å². The lowest BCUT2D eigenvalue weighted by Gasteiger charge is -2.18. The summed E-state index contributed by atoms with van der Waals surface area (Å²) in [6.45, 7) is 2.05. The number of carbonyl (C=O) groups is 1. The summed E-state index contributed by atoms with van der Waals surface area (Å²) in [5.74, 6) is -1.01. The summed E-state index contributed by atoms with van der Waals surface area (Å²) in [6.07, 6.45) is 4.20. The zero-order chi connectivity index (χ0) is 14.4. The lowest BCUT2D eigenvalue weighted by atomic mass is 10.0. The standard InChI is InChI=1S/C16H17FN2O/c1-2-6-15(12-7-4-3-5-8-12)19-16(20)13-9-10-18-11-14(13)17/h3-5,7-11,15H,2,6H2,1H3,(H,19,20)/t15-/m1/s1. The number of amides is 1. The number of carbonyl (C=O) groups excluding carboxylic acids is 1. The van der Waals surface area contributed by atoms with Crippen LogP contribution in [0.3, 0.4) is 0 Å². The van der Waals surface area contributed by atoms with Crippen molar-refractivity contribution >= 4 is 5.91 Å². The van der Waals surface area contributed by atoms with E-state index in [1.807, 2.05) is 30.3 Å². The van der Waals surface area contributed by atoms with Crippen LogP contribution in [0.15, 0.2) is 48.8 Å². The molecule has 2 rings (SSSR count). The van der Waals surface area contributed by atoms with E-state index in [1.165, 1.54) is 12.3 Å². The molecular weight excluding hydrogens is 255 g/mol. The molecule has 1 heterocycles. The molecule has 0 bridgehead atoms. The van der Waals surface area contributed by atoms with Gasteiger partial charge in [0.05, 0.1) is 17.8 Å². The minimum atomic E-state index is -0.603. The van der Waals surface area contributed by atoms with E-state index in [0.29, 0.717) is 0 Å². The molecule has 0 aliphatic carbocycles. The number of nitrogens with zero attached hydrogens (tertiary/aromatic N) is 1. The van der Waals surface area contributed by atoms with Crippen LogP contribution in [0.4, 0.5) is 4.39 Å². The maximum atomic E-state index is 13.6. The van der Waals surface area contributed by atoms with Crippen LogP contribution in [0.2, 0.25) is 0 Å². The van der Waals surface area contributed by atoms with Gasteiger partial charge in [0, 0.05) is 6.20 Å². The first-order valence-electron chi connectivity index (χ1n) is 6.67. The number of nitrogens with one attached hydrogen (secondary N) is 1. The number of hydrogen-bond donors (Lipinski definition) is 1. The minimum absolute atomic E-state index is 0.0250. The molecule has 0 radical (unpaired) electrons. The van der Waals surface area contributed by atoms with Gasteiger partial charge in [0.1, 0.15) is 0 Å². The quantitative estimate of drug-likeness (QED) is 0.905. The van der Waals surface area contributed by atoms with Crippen molar-refractivity contribution in [1.29, 1.82) is 0 Å². The van der Waals surface area contributed by atoms with Crippen LogP contribution in [0.5, 0.6) is 0 Å². The molecule has 0 unspecified atom stereocenters. The zero-order valence-corrected chi connectivity index (χ0v) is 11.3. The summed E-state index contributed by atoms with van der Waals surface area (Å²) in [4.78, 5) is 15.8. The van der Waals surface area contributed by atoms with E-state index in [2.05, 4.69) is 17.2 Å². The van der Waals surface area contributed by atoms with Crippen LogP contribution in [0.1, 0.15) is 41.7 Å². The average Bonchev–Trinajstić information content (AvgIpc) is 2.48. The molecular formula is C16H17FN2O. The first kappa shape index (κ1) is 14.2. The van der Waals surface area contributed by atoms with Crippen LogP contribution >= 0.6 is 0 Å². The largest absolute Gasteiger partial charge is 0.345 e. The van der Waals surface area contributed by atoms with Gasteiger partial charge in [-0.1, -0.05) is 43.7 Å². The Bertz CT molecular complexity index is 572. The number of pyridine rings is 1. The predicted molar refractivity (Wildman–Crippen MR) is 75.8 cm³/mol. The Morgan fingerprint density at radius 2 is 2.05 bits per heavy atom. The molecule has 1 atom stereocenters. The van der Waals surface area contributed by atoms with Crippen LogP contribution < -0.4 is 5.32 Å². The summed E-state index contributed by atoms with van der Waals surface area (Å²) in [5.41, 5.74) is 1.05. The van der Waals surface area contributed by atoms with Crippen molar-refractivity contribution in [3.05, 3.63) is 65.7 Å². The van der Waals surface area contributed by atoms with Crippen molar-refractivity contribution in [2.45, 2.75) is 25.8 Å². The van der Waals surface area contributed by atoms with Crippen LogP contribution in [0, 0.1) is 5.82 Å². The maximum Gasteiger partial charge on any atom is 0.254 e. The fourth-order valence-corrected chi connectivity index (χ4v) is 2.09. The summed E-state index contributed by atoms with van der Waals surface area (Å²) >= 11 is 0. The molecule has 4 heteroatoms. The van der Waals surface area contributed by atoms with E-state index >= 15 is 0 Å². The number of rotatable bonds is 5. The van der Waals surface area contributed by atoms with Gasteiger partial charge in [-0.15, -0.1) is 0 Å². The molecule has 0 aliphatic rings. The third-order valence-electron chi connectivity index (χ3n) is 3.10. The Morgan fingerprint density at radius 3 is 2.70 bits per heavy atom. The Labute approximate surface area is 117 Å². The summed E-state index contributed by atoms with van der Waals surface area (Å²) in [7, 11) is 0. The summed E-state index contributed by atoms with van der Waals surface area (Å²) < 4.78 is 13.6. The average molecular weight is 272 g/mol. The molecule has 0 fully saturated rings. The van der Waals surface area contributed by atoms with E-state index < -0.39 is 11.7 Å². The highest BCUT2D eigenvalue weighted by atomic mass is 19.1. The molecule has 1 N–H and O–H groups in total. The van der Waals surface area contributed by atoms with E-state index in [1.54, 1.807) is 0 Å². The maximum absolute atomic E-state index is 13.6. The molecule has 0 spiro atoms. The number of hydrogen-bond acceptors (Lipinski definition) is 2. The SMILES string of the molecule is CCC[C@@H](NC(=O)c1ccncc1F)c1ccccc1. The number of benzene rings is 1. The zero-order valence-electron chi connectivity index (χ0n) is 11.3. The van der Waals surface area contributed by atoms with Gasteiger partial charge in [-0.2, -0.15) is 0 Å². The van der Waals surface area contributed by atoms with Crippen molar-refractivity contribution in [2.24, 2.45) is 0 Å². The molecule has 104 valence electrons. The smallest absolute Gasteiger partial charge is 0.254 e. The lowest BCUT2D eigenvalue weighted by Crippen LogP contribution is -2.29. The highest BCUT2D eigenvalue weighted by Crippen LogP contribution is 2.19. The Morgan fingerprint density at radius 1 is 1.30 bits per heavy atom. The monoisotopic (exact) mass is 272 g/mol. The summed E-state index contributed by atoms with van der Waals surface area (Å²) in [5, 5.41) is 2.88. The number of aromatic nitrogens is 1. The van der Waals surface area contributed by atoms with Gasteiger partial charge in [0.2, 0.25) is 0 Å². The summed E-state index contributed by atoms with van der Waals surface area (Å²) in [6, 6.07) is 11.0. The fourth-order valence-electron chi connectivity index (χ4n) is 2.09. The molecule has 0 aliphatic heterocycles. The van der Waals surface area contributed by atoms with Crippen molar-refractivity contribution in [2.75, 3.05) is 0 Å². The van der Waals surface area contributed by atoms with Gasteiger partial charge < -0.3 is 5.32 Å². The topological polar surface area (TPSA) is 42.0 Å². The third kappa shape index (κ3) is 3.41. The lowest BCUT2D eigenvalue weighted by molar-refractivity contribution is 0.0930. The van der Waals surface area contributed by atoms with E-state index in [9.17, 15) is 9.18 Å². The van der Waals surface area contributed by atoms with Crippen molar-refractivity contribution in [1.82, 2.24) is 10.3 Å². The van der Waals surface area contributed by atoms with Gasteiger partial charge in [-0.3, -0.25) is 9.78 Å². The second kappa shape index (κ2) is 6.80. The second-order valence-electron chi connectivity index (χ2n) is 4.58. The number of halogens is 1. The molecule has 0 saturated carbocycles. The third-order valence-corrected chi connectivity index (χ3v) is 3.10. The van der Waals surface area contributed by atoms with E-state index in [-0.39, 0.29) is 11.6 Å². The molecule has 2 aromatic rings. The van der Waals surface area contributed by atoms with E-state index in [0.717, 1.165) is 24.6 Å².